The first-order valence-electron chi connectivity index (χ1n) is 4.80. The van der Waals surface area contributed by atoms with Gasteiger partial charge in [-0.2, -0.15) is 0 Å². The number of aryl methyl sites for hydroxylation is 1. The molecule has 0 radical (unpaired) electrons. The number of nitrogens with one attached hydrogen (secondary N) is 1. The van der Waals surface area contributed by atoms with Gasteiger partial charge in [-0.15, -0.1) is 0 Å². The number of hydrogen-bond donors (Lipinski definition) is 2. The molecule has 0 unspecified atom stereocenters. The Morgan fingerprint density at radius 1 is 1.36 bits per heavy atom. The molecule has 0 saturated heterocycles. The van der Waals surface area contributed by atoms with Gasteiger partial charge in [-0.3, -0.25) is 0 Å². The highest BCUT2D eigenvalue weighted by Gasteiger charge is 1.98. The minimum Gasteiger partial charge on any atom is -0.395 e. The molecule has 0 saturated carbocycles. The zero-order valence-corrected chi connectivity index (χ0v) is 8.39. The molecule has 0 aromatic heterocycles. The molecular formula is C11H16FNO. The molecule has 2 nitrogen and oxygen atoms in total. The second-order valence-electron chi connectivity index (χ2n) is 3.31. The Kier molecular flexibility index (Phi) is 4.56. The number of hydrogen-bond acceptors (Lipinski definition) is 2. The van der Waals surface area contributed by atoms with E-state index in [4.69, 9.17) is 5.11 Å². The van der Waals surface area contributed by atoms with Crippen molar-refractivity contribution >= 4 is 0 Å². The molecule has 0 bridgehead atoms. The molecule has 1 aromatic carbocycles. The van der Waals surface area contributed by atoms with E-state index in [1.165, 1.54) is 6.07 Å². The van der Waals surface area contributed by atoms with Crippen molar-refractivity contribution in [2.24, 2.45) is 0 Å². The normalized spacial score (nSPS) is 10.5. The summed E-state index contributed by atoms with van der Waals surface area (Å²) in [5, 5.41) is 11.6. The van der Waals surface area contributed by atoms with Crippen LogP contribution in [0.3, 0.4) is 0 Å². The molecule has 1 aromatic rings. The Morgan fingerprint density at radius 2 is 2.14 bits per heavy atom. The highest BCUT2D eigenvalue weighted by atomic mass is 19.1. The van der Waals surface area contributed by atoms with Gasteiger partial charge in [0.1, 0.15) is 5.82 Å². The van der Waals surface area contributed by atoms with E-state index in [1.54, 1.807) is 13.0 Å². The molecule has 0 spiro atoms. The van der Waals surface area contributed by atoms with Crippen LogP contribution >= 0.6 is 0 Å². The Labute approximate surface area is 83.8 Å². The molecule has 2 N–H and O–H groups in total. The number of rotatable bonds is 5. The molecule has 0 amide bonds. The van der Waals surface area contributed by atoms with Crippen molar-refractivity contribution in [3.8, 4) is 0 Å². The van der Waals surface area contributed by atoms with Crippen LogP contribution in [0.2, 0.25) is 0 Å². The van der Waals surface area contributed by atoms with Gasteiger partial charge in [0.25, 0.3) is 0 Å². The predicted octanol–water partition coefficient (Wildman–Crippen LogP) is 1.26. The molecular weight excluding hydrogens is 181 g/mol. The van der Waals surface area contributed by atoms with Crippen LogP contribution in [0.25, 0.3) is 0 Å². The maximum absolute atomic E-state index is 12.9. The quantitative estimate of drug-likeness (QED) is 0.696. The van der Waals surface area contributed by atoms with Crippen molar-refractivity contribution in [3.05, 3.63) is 35.1 Å². The van der Waals surface area contributed by atoms with Crippen molar-refractivity contribution in [3.63, 3.8) is 0 Å². The fourth-order valence-electron chi connectivity index (χ4n) is 1.30. The van der Waals surface area contributed by atoms with Gasteiger partial charge in [-0.1, -0.05) is 12.1 Å². The molecule has 0 fully saturated rings. The molecule has 3 heteroatoms. The van der Waals surface area contributed by atoms with Crippen LogP contribution < -0.4 is 5.32 Å². The number of aliphatic hydroxyl groups is 1. The third kappa shape index (κ3) is 3.44. The van der Waals surface area contributed by atoms with Gasteiger partial charge in [-0.25, -0.2) is 4.39 Å². The third-order valence-electron chi connectivity index (χ3n) is 2.10. The largest absolute Gasteiger partial charge is 0.395 e. The smallest absolute Gasteiger partial charge is 0.126 e. The molecule has 0 aliphatic rings. The topological polar surface area (TPSA) is 32.3 Å². The van der Waals surface area contributed by atoms with Gasteiger partial charge in [0, 0.05) is 6.54 Å². The second kappa shape index (κ2) is 5.73. The summed E-state index contributed by atoms with van der Waals surface area (Å²) in [6.45, 7) is 3.34. The van der Waals surface area contributed by atoms with Gasteiger partial charge >= 0.3 is 0 Å². The average molecular weight is 197 g/mol. The Hall–Kier alpha value is -0.930. The van der Waals surface area contributed by atoms with E-state index < -0.39 is 0 Å². The average Bonchev–Trinajstić information content (AvgIpc) is 2.18. The van der Waals surface area contributed by atoms with Gasteiger partial charge < -0.3 is 10.4 Å². The highest BCUT2D eigenvalue weighted by Crippen LogP contribution is 2.09. The van der Waals surface area contributed by atoms with Gasteiger partial charge in [0.05, 0.1) is 6.61 Å². The molecule has 0 atom stereocenters. The van der Waals surface area contributed by atoms with E-state index in [0.29, 0.717) is 12.1 Å². The lowest BCUT2D eigenvalue weighted by molar-refractivity contribution is 0.293. The maximum Gasteiger partial charge on any atom is 0.126 e. The number of benzene rings is 1. The highest BCUT2D eigenvalue weighted by molar-refractivity contribution is 5.24. The van der Waals surface area contributed by atoms with E-state index in [0.717, 1.165) is 18.5 Å². The fourth-order valence-corrected chi connectivity index (χ4v) is 1.30. The lowest BCUT2D eigenvalue weighted by atomic mass is 10.1. The van der Waals surface area contributed by atoms with Crippen molar-refractivity contribution in [2.45, 2.75) is 13.3 Å². The summed E-state index contributed by atoms with van der Waals surface area (Å²) in [7, 11) is 0. The minimum absolute atomic E-state index is 0.155. The summed E-state index contributed by atoms with van der Waals surface area (Å²) in [5.74, 6) is -0.155. The number of halogens is 1. The molecule has 78 valence electrons. The first-order valence-corrected chi connectivity index (χ1v) is 4.80. The SMILES string of the molecule is Cc1cc(CCNCCO)ccc1F. The Morgan fingerprint density at radius 3 is 2.79 bits per heavy atom. The van der Waals surface area contributed by atoms with Crippen LogP contribution in [0.1, 0.15) is 11.1 Å². The van der Waals surface area contributed by atoms with Crippen LogP contribution in [0, 0.1) is 12.7 Å². The van der Waals surface area contributed by atoms with Gasteiger partial charge in [0.2, 0.25) is 0 Å². The van der Waals surface area contributed by atoms with Crippen molar-refractivity contribution in [1.29, 1.82) is 0 Å². The minimum atomic E-state index is -0.155. The molecule has 0 aliphatic heterocycles. The first-order chi connectivity index (χ1) is 6.74. The third-order valence-corrected chi connectivity index (χ3v) is 2.10. The lowest BCUT2D eigenvalue weighted by Crippen LogP contribution is -2.20. The van der Waals surface area contributed by atoms with Crippen molar-refractivity contribution < 1.29 is 9.50 Å². The summed E-state index contributed by atoms with van der Waals surface area (Å²) >= 11 is 0. The predicted molar refractivity (Wildman–Crippen MR) is 54.8 cm³/mol. The fraction of sp³-hybridized carbons (Fsp3) is 0.455. The zero-order valence-electron chi connectivity index (χ0n) is 8.39. The molecule has 0 heterocycles. The van der Waals surface area contributed by atoms with Crippen LogP contribution in [-0.2, 0) is 6.42 Å². The summed E-state index contributed by atoms with van der Waals surface area (Å²) < 4.78 is 12.9. The van der Waals surface area contributed by atoms with Crippen LogP contribution in [0.15, 0.2) is 18.2 Å². The monoisotopic (exact) mass is 197 g/mol. The van der Waals surface area contributed by atoms with Gasteiger partial charge in [0.15, 0.2) is 0 Å². The summed E-state index contributed by atoms with van der Waals surface area (Å²) in [5.41, 5.74) is 1.80. The van der Waals surface area contributed by atoms with Crippen molar-refractivity contribution in [2.75, 3.05) is 19.7 Å². The van der Waals surface area contributed by atoms with Gasteiger partial charge in [-0.05, 0) is 37.1 Å². The van der Waals surface area contributed by atoms with E-state index in [2.05, 4.69) is 5.32 Å². The molecule has 0 aliphatic carbocycles. The number of aliphatic hydroxyl groups excluding tert-OH is 1. The van der Waals surface area contributed by atoms with E-state index in [-0.39, 0.29) is 12.4 Å². The van der Waals surface area contributed by atoms with Crippen LogP contribution in [0.5, 0.6) is 0 Å². The Balaban J connectivity index is 2.39. The van der Waals surface area contributed by atoms with Crippen molar-refractivity contribution in [1.82, 2.24) is 5.32 Å². The summed E-state index contributed by atoms with van der Waals surface area (Å²) in [6, 6.07) is 5.15. The first kappa shape index (κ1) is 11.1. The van der Waals surface area contributed by atoms with E-state index >= 15 is 0 Å². The molecule has 1 rings (SSSR count). The Bertz CT molecular complexity index is 289. The van der Waals surface area contributed by atoms with E-state index in [1.807, 2.05) is 6.07 Å². The summed E-state index contributed by atoms with van der Waals surface area (Å²) in [6.07, 6.45) is 0.862. The summed E-state index contributed by atoms with van der Waals surface area (Å²) in [4.78, 5) is 0. The molecule has 14 heavy (non-hydrogen) atoms. The lowest BCUT2D eigenvalue weighted by Gasteiger charge is -2.04. The maximum atomic E-state index is 12.9. The van der Waals surface area contributed by atoms with Crippen LogP contribution in [0.4, 0.5) is 4.39 Å². The standard InChI is InChI=1S/C11H16FNO/c1-9-8-10(2-3-11(9)12)4-5-13-6-7-14/h2-3,8,13-14H,4-7H2,1H3. The van der Waals surface area contributed by atoms with Crippen LogP contribution in [-0.4, -0.2) is 24.8 Å². The van der Waals surface area contributed by atoms with E-state index in [9.17, 15) is 4.39 Å². The second-order valence-corrected chi connectivity index (χ2v) is 3.31. The zero-order chi connectivity index (χ0) is 10.4.